The van der Waals surface area contributed by atoms with Gasteiger partial charge < -0.3 is 19.5 Å². The predicted octanol–water partition coefficient (Wildman–Crippen LogP) is 2.30. The highest BCUT2D eigenvalue weighted by molar-refractivity contribution is 14.0. The summed E-state index contributed by atoms with van der Waals surface area (Å²) in [7, 11) is 0. The Hall–Kier alpha value is -1.36. The van der Waals surface area contributed by atoms with E-state index in [4.69, 9.17) is 9.41 Å². The van der Waals surface area contributed by atoms with Crippen molar-refractivity contribution in [3.05, 3.63) is 17.8 Å². The van der Waals surface area contributed by atoms with Gasteiger partial charge in [0.15, 0.2) is 5.96 Å². The van der Waals surface area contributed by atoms with Crippen LogP contribution >= 0.6 is 24.0 Å². The molecular weight excluding hydrogens is 495 g/mol. The molecule has 1 amide bonds. The summed E-state index contributed by atoms with van der Waals surface area (Å²) < 4.78 is 5.86. The maximum atomic E-state index is 12.4. The number of aliphatic imine (C=N–C) groups is 1. The first-order valence-electron chi connectivity index (χ1n) is 10.9. The molecular formula is C21H37IN6O2. The van der Waals surface area contributed by atoms with Crippen molar-refractivity contribution in [2.24, 2.45) is 4.99 Å². The lowest BCUT2D eigenvalue weighted by Gasteiger charge is -2.36. The van der Waals surface area contributed by atoms with E-state index in [0.29, 0.717) is 19.0 Å². The lowest BCUT2D eigenvalue weighted by molar-refractivity contribution is -0.131. The number of halogens is 1. The Balaban J connectivity index is 0.00000320. The number of guanidine groups is 1. The van der Waals surface area contributed by atoms with E-state index in [1.165, 1.54) is 0 Å². The van der Waals surface area contributed by atoms with E-state index >= 15 is 0 Å². The second-order valence-electron chi connectivity index (χ2n) is 8.89. The Bertz CT molecular complexity index is 701. The van der Waals surface area contributed by atoms with Crippen LogP contribution in [0.3, 0.4) is 0 Å². The Morgan fingerprint density at radius 1 is 1.13 bits per heavy atom. The molecule has 1 N–H and O–H groups in total. The average molecular weight is 532 g/mol. The highest BCUT2D eigenvalue weighted by Crippen LogP contribution is 2.22. The van der Waals surface area contributed by atoms with E-state index in [1.54, 1.807) is 6.20 Å². The van der Waals surface area contributed by atoms with Crippen LogP contribution in [0.25, 0.3) is 0 Å². The van der Waals surface area contributed by atoms with Crippen molar-refractivity contribution in [2.45, 2.75) is 52.5 Å². The summed E-state index contributed by atoms with van der Waals surface area (Å²) >= 11 is 0. The number of nitrogens with zero attached hydrogens (tertiary/aromatic N) is 5. The van der Waals surface area contributed by atoms with Crippen LogP contribution in [0.15, 0.2) is 15.6 Å². The fraction of sp³-hybridized carbons (Fsp3) is 0.762. The summed E-state index contributed by atoms with van der Waals surface area (Å²) in [6.45, 7) is 15.5. The predicted molar refractivity (Wildman–Crippen MR) is 129 cm³/mol. The lowest BCUT2D eigenvalue weighted by atomic mass is 9.94. The highest BCUT2D eigenvalue weighted by atomic mass is 127. The Morgan fingerprint density at radius 3 is 2.37 bits per heavy atom. The van der Waals surface area contributed by atoms with E-state index in [0.717, 1.165) is 70.4 Å². The molecule has 9 heteroatoms. The van der Waals surface area contributed by atoms with Gasteiger partial charge in [0.2, 0.25) is 11.8 Å². The molecule has 0 spiro atoms. The maximum Gasteiger partial charge on any atom is 0.236 e. The summed E-state index contributed by atoms with van der Waals surface area (Å²) in [6, 6.07) is 0. The van der Waals surface area contributed by atoms with Gasteiger partial charge in [0, 0.05) is 51.2 Å². The number of piperazine rings is 1. The first-order valence-corrected chi connectivity index (χ1v) is 10.9. The molecule has 3 heterocycles. The molecule has 170 valence electrons. The van der Waals surface area contributed by atoms with Crippen molar-refractivity contribution in [3.8, 4) is 0 Å². The van der Waals surface area contributed by atoms with Gasteiger partial charge in [0.1, 0.15) is 12.3 Å². The first-order chi connectivity index (χ1) is 13.9. The largest absolute Gasteiger partial charge is 0.443 e. The molecule has 0 aromatic carbocycles. The number of carbonyl (C=O) groups excluding carboxylic acids is 1. The summed E-state index contributed by atoms with van der Waals surface area (Å²) in [4.78, 5) is 28.0. The molecule has 2 saturated heterocycles. The van der Waals surface area contributed by atoms with Gasteiger partial charge in [-0.25, -0.2) is 9.98 Å². The molecule has 1 aromatic rings. The van der Waals surface area contributed by atoms with Crippen LogP contribution in [0.1, 0.15) is 52.2 Å². The Morgan fingerprint density at radius 2 is 1.80 bits per heavy atom. The number of carbonyl (C=O) groups is 1. The lowest BCUT2D eigenvalue weighted by Crippen LogP contribution is -2.54. The summed E-state index contributed by atoms with van der Waals surface area (Å²) in [5.74, 6) is 2.67. The highest BCUT2D eigenvalue weighted by Gasteiger charge is 2.25. The molecule has 30 heavy (non-hydrogen) atoms. The van der Waals surface area contributed by atoms with Crippen LogP contribution in [-0.2, 0) is 16.8 Å². The van der Waals surface area contributed by atoms with Crippen LogP contribution in [0.2, 0.25) is 0 Å². The molecule has 0 aliphatic carbocycles. The van der Waals surface area contributed by atoms with E-state index in [9.17, 15) is 4.79 Å². The Kier molecular flexibility index (Phi) is 9.39. The number of nitrogens with one attached hydrogen (secondary N) is 1. The summed E-state index contributed by atoms with van der Waals surface area (Å²) in [5.41, 5.74) is -0.0533. The minimum Gasteiger partial charge on any atom is -0.443 e. The normalized spacial score (nSPS) is 18.5. The van der Waals surface area contributed by atoms with Gasteiger partial charge in [-0.05, 0) is 19.8 Å². The SMILES string of the molecule is CCNC(=NCc1ncc(C(C)(C)C)o1)N1CCN(CC(=O)N2CCCC2)CC1.I. The number of aromatic nitrogens is 1. The molecule has 0 saturated carbocycles. The van der Waals surface area contributed by atoms with Crippen molar-refractivity contribution in [1.29, 1.82) is 0 Å². The molecule has 2 aliphatic rings. The van der Waals surface area contributed by atoms with Crippen molar-refractivity contribution >= 4 is 35.8 Å². The molecule has 8 nitrogen and oxygen atoms in total. The zero-order chi connectivity index (χ0) is 20.9. The number of hydrogen-bond donors (Lipinski definition) is 1. The van der Waals surface area contributed by atoms with Crippen molar-refractivity contribution < 1.29 is 9.21 Å². The van der Waals surface area contributed by atoms with Gasteiger partial charge in [0.25, 0.3) is 0 Å². The number of likely N-dealkylation sites (tertiary alicyclic amines) is 1. The van der Waals surface area contributed by atoms with E-state index in [1.807, 2.05) is 4.90 Å². The van der Waals surface area contributed by atoms with Crippen LogP contribution in [0.4, 0.5) is 0 Å². The second-order valence-corrected chi connectivity index (χ2v) is 8.89. The van der Waals surface area contributed by atoms with Crippen LogP contribution in [0, 0.1) is 0 Å². The van der Waals surface area contributed by atoms with E-state index in [2.05, 4.69) is 47.8 Å². The van der Waals surface area contributed by atoms with Crippen LogP contribution in [0.5, 0.6) is 0 Å². The van der Waals surface area contributed by atoms with Gasteiger partial charge in [-0.2, -0.15) is 0 Å². The minimum absolute atomic E-state index is 0. The zero-order valence-corrected chi connectivity index (χ0v) is 21.1. The van der Waals surface area contributed by atoms with Gasteiger partial charge in [-0.1, -0.05) is 20.8 Å². The topological polar surface area (TPSA) is 77.2 Å². The molecule has 0 bridgehead atoms. The van der Waals surface area contributed by atoms with Gasteiger partial charge in [-0.15, -0.1) is 24.0 Å². The fourth-order valence-corrected chi connectivity index (χ4v) is 3.67. The maximum absolute atomic E-state index is 12.4. The molecule has 0 radical (unpaired) electrons. The summed E-state index contributed by atoms with van der Waals surface area (Å²) in [5, 5.41) is 3.37. The number of oxazole rings is 1. The van der Waals surface area contributed by atoms with Gasteiger partial charge in [-0.3, -0.25) is 9.69 Å². The second kappa shape index (κ2) is 11.3. The number of rotatable bonds is 5. The molecule has 0 atom stereocenters. The van der Waals surface area contributed by atoms with Crippen LogP contribution < -0.4 is 5.32 Å². The van der Waals surface area contributed by atoms with Gasteiger partial charge >= 0.3 is 0 Å². The van der Waals surface area contributed by atoms with E-state index < -0.39 is 0 Å². The number of amides is 1. The smallest absolute Gasteiger partial charge is 0.236 e. The molecule has 3 rings (SSSR count). The number of hydrogen-bond acceptors (Lipinski definition) is 5. The molecule has 2 fully saturated rings. The standard InChI is InChI=1S/C21H36N6O2.HI/c1-5-22-20(24-15-18-23-14-17(29-18)21(2,3)4)27-12-10-25(11-13-27)16-19(28)26-8-6-7-9-26;/h14H,5-13,15-16H2,1-4H3,(H,22,24);1H. The zero-order valence-electron chi connectivity index (χ0n) is 18.8. The van der Waals surface area contributed by atoms with Crippen molar-refractivity contribution in [1.82, 2.24) is 25.0 Å². The molecule has 2 aliphatic heterocycles. The van der Waals surface area contributed by atoms with Crippen molar-refractivity contribution in [3.63, 3.8) is 0 Å². The minimum atomic E-state index is -0.0533. The van der Waals surface area contributed by atoms with Crippen LogP contribution in [-0.4, -0.2) is 83.9 Å². The van der Waals surface area contributed by atoms with Gasteiger partial charge in [0.05, 0.1) is 12.7 Å². The Labute approximate surface area is 197 Å². The van der Waals surface area contributed by atoms with Crippen molar-refractivity contribution in [2.75, 3.05) is 52.4 Å². The summed E-state index contributed by atoms with van der Waals surface area (Å²) in [6.07, 6.45) is 4.08. The monoisotopic (exact) mass is 532 g/mol. The fourth-order valence-electron chi connectivity index (χ4n) is 3.67. The average Bonchev–Trinajstić information content (AvgIpc) is 3.37. The third kappa shape index (κ3) is 6.83. The molecule has 1 aromatic heterocycles. The quantitative estimate of drug-likeness (QED) is 0.357. The third-order valence-electron chi connectivity index (χ3n) is 5.48. The third-order valence-corrected chi connectivity index (χ3v) is 5.48. The first kappa shape index (κ1) is 24.9. The molecule has 0 unspecified atom stereocenters. The van der Waals surface area contributed by atoms with E-state index in [-0.39, 0.29) is 35.3 Å².